The van der Waals surface area contributed by atoms with Gasteiger partial charge in [-0.25, -0.2) is 9.67 Å². The molecule has 1 aliphatic rings. The van der Waals surface area contributed by atoms with Crippen LogP contribution in [0.2, 0.25) is 0 Å². The third-order valence-electron chi connectivity index (χ3n) is 4.61. The summed E-state index contributed by atoms with van der Waals surface area (Å²) >= 11 is 0. The van der Waals surface area contributed by atoms with Crippen LogP contribution in [0.5, 0.6) is 0 Å². The average molecular weight is 375 g/mol. The van der Waals surface area contributed by atoms with Crippen molar-refractivity contribution in [2.24, 2.45) is 0 Å². The Kier molecular flexibility index (Phi) is 5.37. The smallest absolute Gasteiger partial charge is 0.246 e. The van der Waals surface area contributed by atoms with E-state index in [4.69, 9.17) is 0 Å². The van der Waals surface area contributed by atoms with Crippen molar-refractivity contribution in [1.29, 1.82) is 0 Å². The van der Waals surface area contributed by atoms with E-state index in [-0.39, 0.29) is 5.91 Å². The van der Waals surface area contributed by atoms with E-state index >= 15 is 0 Å². The SMILES string of the molecule is O=C(C=Cc1cn(Cc2ccccc2)nn1)N1CCN(c2cnccn2)CC1. The Morgan fingerprint density at radius 1 is 1.07 bits per heavy atom. The van der Waals surface area contributed by atoms with Crippen LogP contribution < -0.4 is 4.90 Å². The topological polar surface area (TPSA) is 80.0 Å². The number of hydrogen-bond acceptors (Lipinski definition) is 6. The number of anilines is 1. The average Bonchev–Trinajstić information content (AvgIpc) is 3.21. The van der Waals surface area contributed by atoms with E-state index in [2.05, 4.69) is 25.2 Å². The molecule has 4 rings (SSSR count). The molecule has 0 saturated carbocycles. The van der Waals surface area contributed by atoms with Crippen LogP contribution >= 0.6 is 0 Å². The van der Waals surface area contributed by atoms with Gasteiger partial charge in [-0.05, 0) is 11.6 Å². The van der Waals surface area contributed by atoms with Gasteiger partial charge in [0.2, 0.25) is 5.91 Å². The molecule has 1 aliphatic heterocycles. The Morgan fingerprint density at radius 3 is 2.64 bits per heavy atom. The first-order valence-electron chi connectivity index (χ1n) is 9.20. The summed E-state index contributed by atoms with van der Waals surface area (Å²) in [5, 5.41) is 8.23. The lowest BCUT2D eigenvalue weighted by atomic mass is 10.2. The van der Waals surface area contributed by atoms with E-state index in [0.29, 0.717) is 25.3 Å². The van der Waals surface area contributed by atoms with Crippen molar-refractivity contribution in [3.8, 4) is 0 Å². The van der Waals surface area contributed by atoms with E-state index in [1.807, 2.05) is 41.4 Å². The van der Waals surface area contributed by atoms with Crippen molar-refractivity contribution in [2.75, 3.05) is 31.1 Å². The molecule has 0 N–H and O–H groups in total. The van der Waals surface area contributed by atoms with E-state index < -0.39 is 0 Å². The summed E-state index contributed by atoms with van der Waals surface area (Å²) in [4.78, 5) is 24.8. The first-order valence-corrected chi connectivity index (χ1v) is 9.20. The van der Waals surface area contributed by atoms with Crippen LogP contribution in [0.1, 0.15) is 11.3 Å². The van der Waals surface area contributed by atoms with Gasteiger partial charge in [0.25, 0.3) is 0 Å². The molecule has 0 spiro atoms. The molecule has 1 saturated heterocycles. The number of hydrogen-bond donors (Lipinski definition) is 0. The van der Waals surface area contributed by atoms with Crippen LogP contribution in [0, 0.1) is 0 Å². The maximum absolute atomic E-state index is 12.5. The van der Waals surface area contributed by atoms with Crippen LogP contribution in [0.3, 0.4) is 0 Å². The molecule has 1 amide bonds. The van der Waals surface area contributed by atoms with Crippen LogP contribution in [0.4, 0.5) is 5.82 Å². The molecule has 8 heteroatoms. The summed E-state index contributed by atoms with van der Waals surface area (Å²) in [6, 6.07) is 10.1. The molecular formula is C20H21N7O. The first kappa shape index (κ1) is 17.8. The van der Waals surface area contributed by atoms with Gasteiger partial charge in [0, 0.05) is 44.6 Å². The molecule has 0 unspecified atom stereocenters. The molecule has 0 radical (unpaired) electrons. The molecule has 0 bridgehead atoms. The maximum Gasteiger partial charge on any atom is 0.246 e. The molecule has 1 aromatic carbocycles. The van der Waals surface area contributed by atoms with Crippen molar-refractivity contribution < 1.29 is 4.79 Å². The van der Waals surface area contributed by atoms with Gasteiger partial charge in [-0.1, -0.05) is 35.5 Å². The van der Waals surface area contributed by atoms with E-state index in [0.717, 1.165) is 24.5 Å². The highest BCUT2D eigenvalue weighted by molar-refractivity contribution is 5.91. The van der Waals surface area contributed by atoms with Crippen LogP contribution in [-0.2, 0) is 11.3 Å². The van der Waals surface area contributed by atoms with Crippen molar-refractivity contribution in [1.82, 2.24) is 29.9 Å². The normalized spacial score (nSPS) is 14.6. The molecule has 0 aliphatic carbocycles. The summed E-state index contributed by atoms with van der Waals surface area (Å²) in [5.41, 5.74) is 1.82. The summed E-state index contributed by atoms with van der Waals surface area (Å²) in [5.74, 6) is 0.830. The van der Waals surface area contributed by atoms with Crippen molar-refractivity contribution >= 4 is 17.8 Å². The predicted molar refractivity (Wildman–Crippen MR) is 105 cm³/mol. The van der Waals surface area contributed by atoms with Crippen molar-refractivity contribution in [3.63, 3.8) is 0 Å². The quantitative estimate of drug-likeness (QED) is 0.629. The fourth-order valence-electron chi connectivity index (χ4n) is 3.11. The Labute approximate surface area is 163 Å². The minimum atomic E-state index is -0.0172. The van der Waals surface area contributed by atoms with Crippen molar-refractivity contribution in [2.45, 2.75) is 6.54 Å². The number of nitrogens with zero attached hydrogens (tertiary/aromatic N) is 7. The van der Waals surface area contributed by atoms with E-state index in [9.17, 15) is 4.79 Å². The summed E-state index contributed by atoms with van der Waals surface area (Å²) in [6.45, 7) is 3.44. The number of rotatable bonds is 5. The number of carbonyl (C=O) groups excluding carboxylic acids is 1. The second kappa shape index (κ2) is 8.43. The zero-order valence-corrected chi connectivity index (χ0v) is 15.4. The number of carbonyl (C=O) groups is 1. The fraction of sp³-hybridized carbons (Fsp3) is 0.250. The molecule has 3 aromatic rings. The largest absolute Gasteiger partial charge is 0.352 e. The summed E-state index contributed by atoms with van der Waals surface area (Å²) in [6.07, 6.45) is 10.2. The van der Waals surface area contributed by atoms with E-state index in [1.54, 1.807) is 35.4 Å². The molecule has 1 fully saturated rings. The van der Waals surface area contributed by atoms with Crippen LogP contribution in [0.15, 0.2) is 61.2 Å². The number of amides is 1. The zero-order chi connectivity index (χ0) is 19.2. The molecular weight excluding hydrogens is 354 g/mol. The standard InChI is InChI=1S/C20H21N7O/c28-20(26-12-10-25(11-13-26)19-14-21-8-9-22-19)7-6-18-16-27(24-23-18)15-17-4-2-1-3-5-17/h1-9,14,16H,10-13,15H2. The molecule has 8 nitrogen and oxygen atoms in total. The third kappa shape index (κ3) is 4.40. The number of aromatic nitrogens is 5. The highest BCUT2D eigenvalue weighted by atomic mass is 16.2. The monoisotopic (exact) mass is 375 g/mol. The zero-order valence-electron chi connectivity index (χ0n) is 15.4. The lowest BCUT2D eigenvalue weighted by molar-refractivity contribution is -0.126. The second-order valence-corrected chi connectivity index (χ2v) is 6.54. The Bertz CT molecular complexity index is 931. The maximum atomic E-state index is 12.5. The van der Waals surface area contributed by atoms with Gasteiger partial charge >= 0.3 is 0 Å². The first-order chi connectivity index (χ1) is 13.8. The Balaban J connectivity index is 1.30. The number of piperazine rings is 1. The van der Waals surface area contributed by atoms with E-state index in [1.165, 1.54) is 0 Å². The second-order valence-electron chi connectivity index (χ2n) is 6.54. The molecule has 3 heterocycles. The van der Waals surface area contributed by atoms with Crippen molar-refractivity contribution in [3.05, 3.63) is 72.5 Å². The van der Waals surface area contributed by atoms with Gasteiger partial charge in [-0.2, -0.15) is 0 Å². The minimum absolute atomic E-state index is 0.0172. The molecule has 0 atom stereocenters. The summed E-state index contributed by atoms with van der Waals surface area (Å²) in [7, 11) is 0. The molecule has 2 aromatic heterocycles. The Hall–Kier alpha value is -3.55. The lowest BCUT2D eigenvalue weighted by Gasteiger charge is -2.34. The predicted octanol–water partition coefficient (Wildman–Crippen LogP) is 1.48. The van der Waals surface area contributed by atoms with Gasteiger partial charge < -0.3 is 9.80 Å². The fourth-order valence-corrected chi connectivity index (χ4v) is 3.11. The Morgan fingerprint density at radius 2 is 1.89 bits per heavy atom. The highest BCUT2D eigenvalue weighted by Crippen LogP contribution is 2.12. The third-order valence-corrected chi connectivity index (χ3v) is 4.61. The molecule has 28 heavy (non-hydrogen) atoms. The van der Waals surface area contributed by atoms with Gasteiger partial charge in [-0.3, -0.25) is 9.78 Å². The van der Waals surface area contributed by atoms with Gasteiger partial charge in [-0.15, -0.1) is 5.10 Å². The van der Waals surface area contributed by atoms with Crippen LogP contribution in [-0.4, -0.2) is 61.9 Å². The highest BCUT2D eigenvalue weighted by Gasteiger charge is 2.20. The van der Waals surface area contributed by atoms with Gasteiger partial charge in [0.1, 0.15) is 11.5 Å². The van der Waals surface area contributed by atoms with Crippen LogP contribution in [0.25, 0.3) is 6.08 Å². The molecule has 142 valence electrons. The minimum Gasteiger partial charge on any atom is -0.352 e. The lowest BCUT2D eigenvalue weighted by Crippen LogP contribution is -2.48. The number of benzene rings is 1. The summed E-state index contributed by atoms with van der Waals surface area (Å²) < 4.78 is 1.76. The van der Waals surface area contributed by atoms with Gasteiger partial charge in [0.05, 0.1) is 18.9 Å². The van der Waals surface area contributed by atoms with Gasteiger partial charge in [0.15, 0.2) is 0 Å².